The van der Waals surface area contributed by atoms with E-state index >= 15 is 0 Å². The number of ether oxygens (including phenoxy) is 1. The normalized spacial score (nSPS) is 10.7. The summed E-state index contributed by atoms with van der Waals surface area (Å²) in [5, 5.41) is 2.88. The van der Waals surface area contributed by atoms with Crippen molar-refractivity contribution in [3.8, 4) is 5.75 Å². The average molecular weight is 375 g/mol. The van der Waals surface area contributed by atoms with Gasteiger partial charge in [0.05, 0.1) is 7.11 Å². The molecule has 0 unspecified atom stereocenters. The molecule has 0 spiro atoms. The SMILES string of the molecule is COc1ccc(/C=C/C(=O)Nc2ccc(CSc3ccccc3)cc2)cc1. The van der Waals surface area contributed by atoms with Crippen LogP contribution in [-0.4, -0.2) is 13.0 Å². The molecule has 0 saturated heterocycles. The van der Waals surface area contributed by atoms with Crippen molar-refractivity contribution in [1.82, 2.24) is 0 Å². The third kappa shape index (κ3) is 6.04. The lowest BCUT2D eigenvalue weighted by Gasteiger charge is -2.05. The molecule has 0 fully saturated rings. The molecule has 136 valence electrons. The van der Waals surface area contributed by atoms with Crippen LogP contribution in [0.15, 0.2) is 89.8 Å². The molecular weight excluding hydrogens is 354 g/mol. The van der Waals surface area contributed by atoms with E-state index in [1.807, 2.05) is 66.7 Å². The van der Waals surface area contributed by atoms with Gasteiger partial charge in [0.2, 0.25) is 5.91 Å². The first-order valence-electron chi connectivity index (χ1n) is 8.63. The number of benzene rings is 3. The highest BCUT2D eigenvalue weighted by atomic mass is 32.2. The second-order valence-electron chi connectivity index (χ2n) is 5.89. The standard InChI is InChI=1S/C23H21NO2S/c1-26-21-14-9-18(10-15-21)11-16-23(25)24-20-12-7-19(8-13-20)17-27-22-5-3-2-4-6-22/h2-16H,17H2,1H3,(H,24,25)/b16-11+. The van der Waals surface area contributed by atoms with Gasteiger partial charge in [-0.1, -0.05) is 42.5 Å². The second kappa shape index (κ2) is 9.64. The molecular formula is C23H21NO2S. The molecule has 3 nitrogen and oxygen atoms in total. The Kier molecular flexibility index (Phi) is 6.72. The fraction of sp³-hybridized carbons (Fsp3) is 0.0870. The highest BCUT2D eigenvalue weighted by Crippen LogP contribution is 2.23. The minimum absolute atomic E-state index is 0.155. The van der Waals surface area contributed by atoms with Crippen LogP contribution in [0.2, 0.25) is 0 Å². The Morgan fingerprint density at radius 2 is 1.67 bits per heavy atom. The lowest BCUT2D eigenvalue weighted by atomic mass is 10.2. The molecule has 1 N–H and O–H groups in total. The Balaban J connectivity index is 1.51. The number of carbonyl (C=O) groups excluding carboxylic acids is 1. The van der Waals surface area contributed by atoms with Crippen molar-refractivity contribution in [2.24, 2.45) is 0 Å². The molecule has 4 heteroatoms. The van der Waals surface area contributed by atoms with Gasteiger partial charge in [-0.2, -0.15) is 0 Å². The molecule has 0 aliphatic carbocycles. The first-order chi connectivity index (χ1) is 13.2. The fourth-order valence-corrected chi connectivity index (χ4v) is 3.31. The summed E-state index contributed by atoms with van der Waals surface area (Å²) in [4.78, 5) is 13.3. The lowest BCUT2D eigenvalue weighted by Crippen LogP contribution is -2.07. The van der Waals surface area contributed by atoms with Crippen LogP contribution in [0.5, 0.6) is 5.75 Å². The van der Waals surface area contributed by atoms with Gasteiger partial charge in [-0.05, 0) is 53.6 Å². The Hall–Kier alpha value is -2.98. The molecule has 0 aromatic heterocycles. The van der Waals surface area contributed by atoms with E-state index < -0.39 is 0 Å². The van der Waals surface area contributed by atoms with Gasteiger partial charge in [-0.25, -0.2) is 0 Å². The van der Waals surface area contributed by atoms with Crippen LogP contribution >= 0.6 is 11.8 Å². The molecule has 3 aromatic rings. The smallest absolute Gasteiger partial charge is 0.248 e. The average Bonchev–Trinajstić information content (AvgIpc) is 2.73. The maximum absolute atomic E-state index is 12.1. The first kappa shape index (κ1) is 18.8. The fourth-order valence-electron chi connectivity index (χ4n) is 2.44. The maximum atomic E-state index is 12.1. The Morgan fingerprint density at radius 1 is 0.963 bits per heavy atom. The van der Waals surface area contributed by atoms with E-state index in [0.717, 1.165) is 22.8 Å². The van der Waals surface area contributed by atoms with E-state index in [2.05, 4.69) is 17.4 Å². The quantitative estimate of drug-likeness (QED) is 0.429. The van der Waals surface area contributed by atoms with Crippen molar-refractivity contribution in [3.05, 3.63) is 96.1 Å². The van der Waals surface area contributed by atoms with Crippen LogP contribution in [0, 0.1) is 0 Å². The van der Waals surface area contributed by atoms with Crippen molar-refractivity contribution >= 4 is 29.4 Å². The molecule has 3 aromatic carbocycles. The third-order valence-corrected chi connectivity index (χ3v) is 5.00. The Bertz CT molecular complexity index is 888. The van der Waals surface area contributed by atoms with Gasteiger partial charge in [0, 0.05) is 22.4 Å². The summed E-state index contributed by atoms with van der Waals surface area (Å²) in [6.45, 7) is 0. The molecule has 0 bridgehead atoms. The summed E-state index contributed by atoms with van der Waals surface area (Å²) in [5.74, 6) is 1.54. The van der Waals surface area contributed by atoms with Crippen LogP contribution in [0.3, 0.4) is 0 Å². The summed E-state index contributed by atoms with van der Waals surface area (Å²) >= 11 is 1.79. The minimum atomic E-state index is -0.155. The van der Waals surface area contributed by atoms with E-state index in [4.69, 9.17) is 4.74 Å². The topological polar surface area (TPSA) is 38.3 Å². The van der Waals surface area contributed by atoms with Crippen molar-refractivity contribution in [3.63, 3.8) is 0 Å². The predicted molar refractivity (Wildman–Crippen MR) is 113 cm³/mol. The Morgan fingerprint density at radius 3 is 2.33 bits per heavy atom. The minimum Gasteiger partial charge on any atom is -0.497 e. The van der Waals surface area contributed by atoms with Crippen molar-refractivity contribution in [2.45, 2.75) is 10.6 Å². The highest BCUT2D eigenvalue weighted by Gasteiger charge is 2.00. The number of hydrogen-bond donors (Lipinski definition) is 1. The molecule has 3 rings (SSSR count). The van der Waals surface area contributed by atoms with Gasteiger partial charge in [-0.15, -0.1) is 11.8 Å². The molecule has 27 heavy (non-hydrogen) atoms. The molecule has 0 heterocycles. The molecule has 0 saturated carbocycles. The van der Waals surface area contributed by atoms with E-state index in [-0.39, 0.29) is 5.91 Å². The largest absolute Gasteiger partial charge is 0.497 e. The number of thioether (sulfide) groups is 1. The summed E-state index contributed by atoms with van der Waals surface area (Å²) in [6.07, 6.45) is 3.31. The third-order valence-electron chi connectivity index (χ3n) is 3.91. The highest BCUT2D eigenvalue weighted by molar-refractivity contribution is 7.98. The van der Waals surface area contributed by atoms with Crippen molar-refractivity contribution in [2.75, 3.05) is 12.4 Å². The molecule has 0 aliphatic heterocycles. The second-order valence-corrected chi connectivity index (χ2v) is 6.94. The zero-order valence-electron chi connectivity index (χ0n) is 15.1. The molecule has 0 atom stereocenters. The van der Waals surface area contributed by atoms with Gasteiger partial charge in [0.1, 0.15) is 5.75 Å². The van der Waals surface area contributed by atoms with E-state index in [9.17, 15) is 4.79 Å². The number of hydrogen-bond acceptors (Lipinski definition) is 3. The maximum Gasteiger partial charge on any atom is 0.248 e. The number of amides is 1. The monoisotopic (exact) mass is 375 g/mol. The Labute approximate surface area is 164 Å². The summed E-state index contributed by atoms with van der Waals surface area (Å²) < 4.78 is 5.12. The molecule has 0 radical (unpaired) electrons. The van der Waals surface area contributed by atoms with Gasteiger partial charge in [0.15, 0.2) is 0 Å². The number of rotatable bonds is 7. The zero-order valence-corrected chi connectivity index (χ0v) is 15.9. The number of nitrogens with one attached hydrogen (secondary N) is 1. The summed E-state index contributed by atoms with van der Waals surface area (Å²) in [5.41, 5.74) is 2.95. The summed E-state index contributed by atoms with van der Waals surface area (Å²) in [7, 11) is 1.63. The number of methoxy groups -OCH3 is 1. The van der Waals surface area contributed by atoms with E-state index in [0.29, 0.717) is 0 Å². The lowest BCUT2D eigenvalue weighted by molar-refractivity contribution is -0.111. The molecule has 1 amide bonds. The van der Waals surface area contributed by atoms with Crippen molar-refractivity contribution in [1.29, 1.82) is 0 Å². The van der Waals surface area contributed by atoms with E-state index in [1.165, 1.54) is 16.5 Å². The van der Waals surface area contributed by atoms with Crippen LogP contribution in [0.1, 0.15) is 11.1 Å². The van der Waals surface area contributed by atoms with Crippen molar-refractivity contribution < 1.29 is 9.53 Å². The first-order valence-corrected chi connectivity index (χ1v) is 9.61. The summed E-state index contributed by atoms with van der Waals surface area (Å²) in [6, 6.07) is 25.8. The number of carbonyl (C=O) groups is 1. The van der Waals surface area contributed by atoms with Crippen LogP contribution in [-0.2, 0) is 10.5 Å². The van der Waals surface area contributed by atoms with Crippen LogP contribution < -0.4 is 10.1 Å². The predicted octanol–water partition coefficient (Wildman–Crippen LogP) is 5.64. The van der Waals surface area contributed by atoms with Gasteiger partial charge < -0.3 is 10.1 Å². The van der Waals surface area contributed by atoms with Crippen LogP contribution in [0.4, 0.5) is 5.69 Å². The number of anilines is 1. The van der Waals surface area contributed by atoms with E-state index in [1.54, 1.807) is 24.9 Å². The van der Waals surface area contributed by atoms with Gasteiger partial charge in [0.25, 0.3) is 0 Å². The van der Waals surface area contributed by atoms with Crippen LogP contribution in [0.25, 0.3) is 6.08 Å². The zero-order chi connectivity index (χ0) is 18.9. The van der Waals surface area contributed by atoms with Gasteiger partial charge >= 0.3 is 0 Å². The molecule has 0 aliphatic rings. The van der Waals surface area contributed by atoms with Gasteiger partial charge in [-0.3, -0.25) is 4.79 Å².